The molecule has 2 rings (SSSR count). The quantitative estimate of drug-likeness (QED) is 0.755. The molecule has 1 atom stereocenters. The highest BCUT2D eigenvalue weighted by Gasteiger charge is 2.01. The Kier molecular flexibility index (Phi) is 2.34. The lowest BCUT2D eigenvalue weighted by atomic mass is 10.1. The van der Waals surface area contributed by atoms with Crippen molar-refractivity contribution in [2.45, 2.75) is 5.01 Å². The summed E-state index contributed by atoms with van der Waals surface area (Å²) in [6.45, 7) is 0. The van der Waals surface area contributed by atoms with Crippen LogP contribution >= 0.6 is 15.9 Å². The molecule has 13 heavy (non-hydrogen) atoms. The monoisotopic (exact) mass is 236 g/mol. The largest absolute Gasteiger partial charge is 0.377 e. The van der Waals surface area contributed by atoms with Gasteiger partial charge in [0, 0.05) is 0 Å². The third kappa shape index (κ3) is 1.74. The Bertz CT molecular complexity index is 423. The summed E-state index contributed by atoms with van der Waals surface area (Å²) in [6.07, 6.45) is 0. The van der Waals surface area contributed by atoms with E-state index in [1.165, 1.54) is 5.39 Å². The van der Waals surface area contributed by atoms with Crippen LogP contribution in [0.25, 0.3) is 10.8 Å². The Balaban J connectivity index is 2.62. The van der Waals surface area contributed by atoms with Gasteiger partial charge in [0.05, 0.1) is 0 Å². The fraction of sp³-hybridized carbons (Fsp3) is 0.0909. The minimum absolute atomic E-state index is 0.572. The Morgan fingerprint density at radius 3 is 2.38 bits per heavy atom. The van der Waals surface area contributed by atoms with Crippen LogP contribution in [-0.4, -0.2) is 5.11 Å². The average molecular weight is 237 g/mol. The molecule has 1 N–H and O–H groups in total. The van der Waals surface area contributed by atoms with Crippen LogP contribution in [0.15, 0.2) is 42.5 Å². The topological polar surface area (TPSA) is 20.2 Å². The van der Waals surface area contributed by atoms with Crippen LogP contribution in [-0.2, 0) is 0 Å². The van der Waals surface area contributed by atoms with Gasteiger partial charge >= 0.3 is 0 Å². The maximum absolute atomic E-state index is 9.30. The molecule has 0 aliphatic carbocycles. The van der Waals surface area contributed by atoms with Crippen LogP contribution in [0.2, 0.25) is 0 Å². The Morgan fingerprint density at radius 2 is 1.69 bits per heavy atom. The van der Waals surface area contributed by atoms with Gasteiger partial charge < -0.3 is 5.11 Å². The molecule has 0 heterocycles. The first-order valence-corrected chi connectivity index (χ1v) is 5.00. The second kappa shape index (κ2) is 3.48. The van der Waals surface area contributed by atoms with E-state index < -0.39 is 5.01 Å². The molecular weight excluding hydrogens is 228 g/mol. The molecule has 0 aliphatic heterocycles. The molecule has 2 aromatic carbocycles. The molecule has 0 amide bonds. The smallest absolute Gasteiger partial charge is 0.134 e. The minimum Gasteiger partial charge on any atom is -0.377 e. The summed E-state index contributed by atoms with van der Waals surface area (Å²) in [6, 6.07) is 14.0. The van der Waals surface area contributed by atoms with E-state index >= 15 is 0 Å². The third-order valence-corrected chi connectivity index (χ3v) is 2.58. The molecule has 0 fully saturated rings. The van der Waals surface area contributed by atoms with Crippen LogP contribution in [0.1, 0.15) is 10.6 Å². The highest BCUT2D eigenvalue weighted by Crippen LogP contribution is 2.23. The lowest BCUT2D eigenvalue weighted by Crippen LogP contribution is -1.86. The molecule has 0 bridgehead atoms. The molecule has 2 aromatic rings. The van der Waals surface area contributed by atoms with Gasteiger partial charge in [0.2, 0.25) is 0 Å². The maximum atomic E-state index is 9.30. The van der Waals surface area contributed by atoms with Crippen molar-refractivity contribution in [3.05, 3.63) is 48.0 Å². The van der Waals surface area contributed by atoms with Gasteiger partial charge in [-0.3, -0.25) is 0 Å². The summed E-state index contributed by atoms with van der Waals surface area (Å²) in [5.74, 6) is 0. The van der Waals surface area contributed by atoms with E-state index in [4.69, 9.17) is 0 Å². The highest BCUT2D eigenvalue weighted by molar-refractivity contribution is 9.09. The number of aliphatic hydroxyl groups is 1. The molecule has 1 unspecified atom stereocenters. The van der Waals surface area contributed by atoms with E-state index in [9.17, 15) is 5.11 Å². The van der Waals surface area contributed by atoms with Crippen LogP contribution in [0.3, 0.4) is 0 Å². The summed E-state index contributed by atoms with van der Waals surface area (Å²) in [7, 11) is 0. The number of alkyl halides is 1. The summed E-state index contributed by atoms with van der Waals surface area (Å²) >= 11 is 3.12. The molecular formula is C11H9BrO. The van der Waals surface area contributed by atoms with Crippen molar-refractivity contribution in [2.24, 2.45) is 0 Å². The van der Waals surface area contributed by atoms with Crippen LogP contribution < -0.4 is 0 Å². The lowest BCUT2D eigenvalue weighted by molar-refractivity contribution is 0.277. The van der Waals surface area contributed by atoms with Crippen LogP contribution in [0.4, 0.5) is 0 Å². The predicted octanol–water partition coefficient (Wildman–Crippen LogP) is 3.23. The fourth-order valence-electron chi connectivity index (χ4n) is 1.36. The number of fused-ring (bicyclic) bond motifs is 1. The van der Waals surface area contributed by atoms with Crippen molar-refractivity contribution in [3.8, 4) is 0 Å². The summed E-state index contributed by atoms with van der Waals surface area (Å²) in [5.41, 5.74) is 0.888. The number of benzene rings is 2. The summed E-state index contributed by atoms with van der Waals surface area (Å²) < 4.78 is 0. The molecule has 0 spiro atoms. The second-order valence-electron chi connectivity index (χ2n) is 2.94. The lowest BCUT2D eigenvalue weighted by Gasteiger charge is -2.04. The molecule has 0 radical (unpaired) electrons. The van der Waals surface area contributed by atoms with Crippen LogP contribution in [0, 0.1) is 0 Å². The van der Waals surface area contributed by atoms with E-state index in [1.807, 2.05) is 36.4 Å². The molecule has 0 aliphatic rings. The van der Waals surface area contributed by atoms with Gasteiger partial charge in [0.15, 0.2) is 0 Å². The molecule has 1 nitrogen and oxygen atoms in total. The van der Waals surface area contributed by atoms with E-state index in [2.05, 4.69) is 22.0 Å². The molecule has 0 saturated heterocycles. The second-order valence-corrected chi connectivity index (χ2v) is 3.81. The summed E-state index contributed by atoms with van der Waals surface area (Å²) in [5, 5.41) is 11.1. The Hall–Kier alpha value is -0.860. The van der Waals surface area contributed by atoms with E-state index in [-0.39, 0.29) is 0 Å². The van der Waals surface area contributed by atoms with Gasteiger partial charge in [-0.1, -0.05) is 52.3 Å². The zero-order valence-electron chi connectivity index (χ0n) is 6.94. The molecule has 0 aromatic heterocycles. The molecule has 0 saturated carbocycles. The van der Waals surface area contributed by atoms with E-state index in [0.717, 1.165) is 10.9 Å². The zero-order chi connectivity index (χ0) is 9.26. The Labute approximate surface area is 85.1 Å². The van der Waals surface area contributed by atoms with Crippen LogP contribution in [0.5, 0.6) is 0 Å². The maximum Gasteiger partial charge on any atom is 0.134 e. The van der Waals surface area contributed by atoms with Gasteiger partial charge in [0.1, 0.15) is 5.01 Å². The average Bonchev–Trinajstić information content (AvgIpc) is 2.17. The van der Waals surface area contributed by atoms with Gasteiger partial charge in [-0.05, 0) is 22.4 Å². The van der Waals surface area contributed by atoms with Crippen molar-refractivity contribution in [2.75, 3.05) is 0 Å². The van der Waals surface area contributed by atoms with Crippen molar-refractivity contribution < 1.29 is 5.11 Å². The van der Waals surface area contributed by atoms with Crippen molar-refractivity contribution in [1.82, 2.24) is 0 Å². The SMILES string of the molecule is OC(Br)c1ccc2ccccc2c1. The van der Waals surface area contributed by atoms with Crippen molar-refractivity contribution >= 4 is 26.7 Å². The number of hydrogen-bond acceptors (Lipinski definition) is 1. The first-order valence-electron chi connectivity index (χ1n) is 4.08. The Morgan fingerprint density at radius 1 is 1.00 bits per heavy atom. The van der Waals surface area contributed by atoms with Crippen molar-refractivity contribution in [1.29, 1.82) is 0 Å². The summed E-state index contributed by atoms with van der Waals surface area (Å²) in [4.78, 5) is 0. The van der Waals surface area contributed by atoms with E-state index in [0.29, 0.717) is 0 Å². The first-order chi connectivity index (χ1) is 6.27. The predicted molar refractivity (Wildman–Crippen MR) is 57.8 cm³/mol. The number of halogens is 1. The van der Waals surface area contributed by atoms with Gasteiger partial charge in [0.25, 0.3) is 0 Å². The van der Waals surface area contributed by atoms with Gasteiger partial charge in [-0.25, -0.2) is 0 Å². The van der Waals surface area contributed by atoms with Gasteiger partial charge in [-0.15, -0.1) is 0 Å². The third-order valence-electron chi connectivity index (χ3n) is 2.05. The zero-order valence-corrected chi connectivity index (χ0v) is 8.53. The van der Waals surface area contributed by atoms with E-state index in [1.54, 1.807) is 0 Å². The molecule has 66 valence electrons. The first kappa shape index (κ1) is 8.73. The number of rotatable bonds is 1. The highest BCUT2D eigenvalue weighted by atomic mass is 79.9. The van der Waals surface area contributed by atoms with Crippen molar-refractivity contribution in [3.63, 3.8) is 0 Å². The molecule has 2 heteroatoms. The fourth-order valence-corrected chi connectivity index (χ4v) is 1.64. The number of aliphatic hydroxyl groups excluding tert-OH is 1. The normalized spacial score (nSPS) is 13.1. The standard InChI is InChI=1S/C11H9BrO/c12-11(13)10-6-5-8-3-1-2-4-9(8)7-10/h1-7,11,13H. The van der Waals surface area contributed by atoms with Gasteiger partial charge in [-0.2, -0.15) is 0 Å². The number of hydrogen-bond donors (Lipinski definition) is 1. The minimum atomic E-state index is -0.572.